The molecular weight excluding hydrogens is 242 g/mol. The van der Waals surface area contributed by atoms with Gasteiger partial charge in [-0.1, -0.05) is 19.9 Å². The molecule has 1 amide bonds. The van der Waals surface area contributed by atoms with Crippen LogP contribution in [-0.4, -0.2) is 37.8 Å². The van der Waals surface area contributed by atoms with Crippen molar-refractivity contribution in [3.05, 3.63) is 12.7 Å². The summed E-state index contributed by atoms with van der Waals surface area (Å²) < 4.78 is 26.3. The molecule has 2 atom stereocenters. The van der Waals surface area contributed by atoms with Crippen LogP contribution in [0.25, 0.3) is 0 Å². The lowest BCUT2D eigenvalue weighted by molar-refractivity contribution is -0.122. The second-order valence-corrected chi connectivity index (χ2v) is 6.40. The van der Waals surface area contributed by atoms with E-state index in [1.54, 1.807) is 19.9 Å². The number of nitrogens with one attached hydrogen (secondary N) is 1. The zero-order chi connectivity index (χ0) is 13.5. The van der Waals surface area contributed by atoms with Crippen LogP contribution in [0.2, 0.25) is 0 Å². The van der Waals surface area contributed by atoms with Crippen LogP contribution in [-0.2, 0) is 15.0 Å². The number of amides is 1. The molecule has 6 nitrogen and oxygen atoms in total. The Bertz CT molecular complexity index is 448. The van der Waals surface area contributed by atoms with Gasteiger partial charge >= 0.3 is 10.2 Å². The Labute approximate surface area is 102 Å². The molecule has 7 heteroatoms. The van der Waals surface area contributed by atoms with E-state index < -0.39 is 27.1 Å². The lowest BCUT2D eigenvalue weighted by Gasteiger charge is -2.19. The second kappa shape index (κ2) is 4.08. The molecule has 1 fully saturated rings. The minimum atomic E-state index is -3.79. The third-order valence-electron chi connectivity index (χ3n) is 3.47. The van der Waals surface area contributed by atoms with Crippen molar-refractivity contribution >= 4 is 16.1 Å². The van der Waals surface area contributed by atoms with Crippen LogP contribution in [0.1, 0.15) is 20.3 Å². The molecule has 0 heterocycles. The topological polar surface area (TPSA) is 92.5 Å². The van der Waals surface area contributed by atoms with Gasteiger partial charge in [0.2, 0.25) is 0 Å². The first-order chi connectivity index (χ1) is 7.63. The van der Waals surface area contributed by atoms with Crippen molar-refractivity contribution in [3.63, 3.8) is 0 Å². The third-order valence-corrected chi connectivity index (χ3v) is 5.00. The minimum absolute atomic E-state index is 0.277. The van der Waals surface area contributed by atoms with E-state index >= 15 is 0 Å². The first-order valence-electron chi connectivity index (χ1n) is 5.34. The molecule has 0 bridgehead atoms. The van der Waals surface area contributed by atoms with E-state index in [0.29, 0.717) is 6.42 Å². The Hall–Kier alpha value is -0.920. The monoisotopic (exact) mass is 261 g/mol. The SMILES string of the molecule is C=CC1(C)C[C@]1(N)C(=O)NS(=O)(=O)N(C)CC. The predicted molar refractivity (Wildman–Crippen MR) is 65.2 cm³/mol. The molecule has 1 unspecified atom stereocenters. The minimum Gasteiger partial charge on any atom is -0.317 e. The molecule has 3 N–H and O–H groups in total. The highest BCUT2D eigenvalue weighted by Gasteiger charge is 2.65. The number of nitrogens with two attached hydrogens (primary N) is 1. The molecule has 1 aliphatic carbocycles. The third kappa shape index (κ3) is 2.22. The zero-order valence-corrected chi connectivity index (χ0v) is 11.2. The lowest BCUT2D eigenvalue weighted by Crippen LogP contribution is -2.51. The van der Waals surface area contributed by atoms with Gasteiger partial charge in [0.1, 0.15) is 5.54 Å². The van der Waals surface area contributed by atoms with Crippen molar-refractivity contribution < 1.29 is 13.2 Å². The van der Waals surface area contributed by atoms with Crippen LogP contribution in [0.5, 0.6) is 0 Å². The maximum absolute atomic E-state index is 11.8. The van der Waals surface area contributed by atoms with Crippen molar-refractivity contribution in [2.24, 2.45) is 11.1 Å². The molecule has 1 saturated carbocycles. The van der Waals surface area contributed by atoms with Gasteiger partial charge in [-0.3, -0.25) is 4.79 Å². The summed E-state index contributed by atoms with van der Waals surface area (Å²) in [5, 5.41) is 0. The Balaban J connectivity index is 2.80. The molecule has 1 aliphatic rings. The van der Waals surface area contributed by atoms with Crippen molar-refractivity contribution in [2.75, 3.05) is 13.6 Å². The van der Waals surface area contributed by atoms with E-state index in [4.69, 9.17) is 5.73 Å². The molecule has 0 saturated heterocycles. The maximum atomic E-state index is 11.8. The van der Waals surface area contributed by atoms with Gasteiger partial charge in [0.05, 0.1) is 0 Å². The van der Waals surface area contributed by atoms with Crippen LogP contribution in [0.15, 0.2) is 12.7 Å². The van der Waals surface area contributed by atoms with Crippen LogP contribution in [0.3, 0.4) is 0 Å². The van der Waals surface area contributed by atoms with Crippen LogP contribution in [0, 0.1) is 5.41 Å². The zero-order valence-electron chi connectivity index (χ0n) is 10.4. The van der Waals surface area contributed by atoms with Gasteiger partial charge in [-0.15, -0.1) is 6.58 Å². The molecule has 0 radical (unpaired) electrons. The Kier molecular flexibility index (Phi) is 3.39. The fraction of sp³-hybridized carbons (Fsp3) is 0.700. The van der Waals surface area contributed by atoms with Crippen LogP contribution >= 0.6 is 0 Å². The fourth-order valence-electron chi connectivity index (χ4n) is 1.59. The van der Waals surface area contributed by atoms with Gasteiger partial charge in [0, 0.05) is 19.0 Å². The molecule has 17 heavy (non-hydrogen) atoms. The molecular formula is C10H19N3O3S. The molecule has 0 aromatic carbocycles. The predicted octanol–water partition coefficient (Wildman–Crippen LogP) is -0.407. The van der Waals surface area contributed by atoms with Crippen molar-refractivity contribution in [2.45, 2.75) is 25.8 Å². The van der Waals surface area contributed by atoms with Crippen molar-refractivity contribution in [1.29, 1.82) is 0 Å². The van der Waals surface area contributed by atoms with Crippen molar-refractivity contribution in [1.82, 2.24) is 9.03 Å². The first kappa shape index (κ1) is 14.1. The number of nitrogens with zero attached hydrogens (tertiary/aromatic N) is 1. The van der Waals surface area contributed by atoms with E-state index in [-0.39, 0.29) is 6.54 Å². The van der Waals surface area contributed by atoms with E-state index in [2.05, 4.69) is 6.58 Å². The number of rotatable bonds is 5. The van der Waals surface area contributed by atoms with Crippen molar-refractivity contribution in [3.8, 4) is 0 Å². The average molecular weight is 261 g/mol. The largest absolute Gasteiger partial charge is 0.317 e. The van der Waals surface area contributed by atoms with E-state index in [0.717, 1.165) is 4.31 Å². The van der Waals surface area contributed by atoms with E-state index in [1.165, 1.54) is 7.05 Å². The molecule has 98 valence electrons. The maximum Gasteiger partial charge on any atom is 0.303 e. The fourth-order valence-corrected chi connectivity index (χ4v) is 2.50. The standard InChI is InChI=1S/C10H19N3O3S/c1-5-9(3)7-10(9,11)8(14)12-17(15,16)13(4)6-2/h5H,1,6-7,11H2,2-4H3,(H,12,14)/t9?,10-/m0/s1. The first-order valence-corrected chi connectivity index (χ1v) is 6.78. The summed E-state index contributed by atoms with van der Waals surface area (Å²) in [6, 6.07) is 0. The molecule has 1 rings (SSSR count). The van der Waals surface area contributed by atoms with Crippen LogP contribution in [0.4, 0.5) is 0 Å². The summed E-state index contributed by atoms with van der Waals surface area (Å²) in [5.41, 5.74) is 4.16. The smallest absolute Gasteiger partial charge is 0.303 e. The summed E-state index contributed by atoms with van der Waals surface area (Å²) in [4.78, 5) is 11.8. The number of carbonyl (C=O) groups is 1. The van der Waals surface area contributed by atoms with Gasteiger partial charge in [-0.05, 0) is 6.42 Å². The summed E-state index contributed by atoms with van der Waals surface area (Å²) in [6.07, 6.45) is 1.99. The quantitative estimate of drug-likeness (QED) is 0.658. The summed E-state index contributed by atoms with van der Waals surface area (Å²) in [6.45, 7) is 7.32. The van der Waals surface area contributed by atoms with E-state index in [1.807, 2.05) is 4.72 Å². The molecule has 0 aliphatic heterocycles. The van der Waals surface area contributed by atoms with Crippen LogP contribution < -0.4 is 10.5 Å². The summed E-state index contributed by atoms with van der Waals surface area (Å²) in [5.74, 6) is -0.680. The Morgan fingerprint density at radius 2 is 2.18 bits per heavy atom. The highest BCUT2D eigenvalue weighted by molar-refractivity contribution is 7.87. The number of carbonyl (C=O) groups excluding carboxylic acids is 1. The highest BCUT2D eigenvalue weighted by atomic mass is 32.2. The van der Waals surface area contributed by atoms with Gasteiger partial charge in [0.15, 0.2) is 0 Å². The highest BCUT2D eigenvalue weighted by Crippen LogP contribution is 2.55. The van der Waals surface area contributed by atoms with E-state index in [9.17, 15) is 13.2 Å². The lowest BCUT2D eigenvalue weighted by atomic mass is 10.0. The second-order valence-electron chi connectivity index (χ2n) is 4.62. The summed E-state index contributed by atoms with van der Waals surface area (Å²) >= 11 is 0. The number of hydrogen-bond acceptors (Lipinski definition) is 4. The van der Waals surface area contributed by atoms with Gasteiger partial charge < -0.3 is 5.73 Å². The molecule has 0 aromatic rings. The summed E-state index contributed by atoms with van der Waals surface area (Å²) in [7, 11) is -2.40. The Morgan fingerprint density at radius 3 is 2.53 bits per heavy atom. The number of hydrogen-bond donors (Lipinski definition) is 2. The molecule has 0 aromatic heterocycles. The van der Waals surface area contributed by atoms with Gasteiger partial charge in [-0.25, -0.2) is 4.72 Å². The normalized spacial score (nSPS) is 32.3. The average Bonchev–Trinajstić information content (AvgIpc) is 2.82. The Morgan fingerprint density at radius 1 is 1.65 bits per heavy atom. The van der Waals surface area contributed by atoms with Gasteiger partial charge in [0.25, 0.3) is 5.91 Å². The van der Waals surface area contributed by atoms with Gasteiger partial charge in [-0.2, -0.15) is 12.7 Å². The molecule has 0 spiro atoms.